The van der Waals surface area contributed by atoms with Crippen molar-refractivity contribution in [3.63, 3.8) is 0 Å². The third-order valence-corrected chi connectivity index (χ3v) is 3.34. The number of hydrogen-bond donors (Lipinski definition) is 2. The van der Waals surface area contributed by atoms with E-state index in [4.69, 9.17) is 14.2 Å². The fourth-order valence-corrected chi connectivity index (χ4v) is 2.09. The molecule has 0 aliphatic heterocycles. The SMILES string of the molecule is COc1ccc(NC(=O)Nc2cc(OC)ccc2OC)c(C)c1. The topological polar surface area (TPSA) is 68.8 Å². The number of ether oxygens (including phenoxy) is 3. The maximum Gasteiger partial charge on any atom is 0.323 e. The lowest BCUT2D eigenvalue weighted by molar-refractivity contribution is 0.262. The van der Waals surface area contributed by atoms with Gasteiger partial charge in [-0.05, 0) is 42.8 Å². The van der Waals surface area contributed by atoms with E-state index in [1.165, 1.54) is 0 Å². The quantitative estimate of drug-likeness (QED) is 0.883. The third-order valence-electron chi connectivity index (χ3n) is 3.34. The van der Waals surface area contributed by atoms with Crippen LogP contribution in [0.1, 0.15) is 5.56 Å². The van der Waals surface area contributed by atoms with Gasteiger partial charge in [-0.15, -0.1) is 0 Å². The highest BCUT2D eigenvalue weighted by atomic mass is 16.5. The van der Waals surface area contributed by atoms with E-state index in [2.05, 4.69) is 10.6 Å². The Morgan fingerprint density at radius 3 is 2.04 bits per heavy atom. The molecule has 0 fully saturated rings. The second-order valence-corrected chi connectivity index (χ2v) is 4.83. The van der Waals surface area contributed by atoms with Gasteiger partial charge in [-0.25, -0.2) is 4.79 Å². The van der Waals surface area contributed by atoms with Crippen molar-refractivity contribution in [3.05, 3.63) is 42.0 Å². The molecule has 2 N–H and O–H groups in total. The summed E-state index contributed by atoms with van der Waals surface area (Å²) < 4.78 is 15.5. The fraction of sp³-hybridized carbons (Fsp3) is 0.235. The summed E-state index contributed by atoms with van der Waals surface area (Å²) in [5.74, 6) is 1.91. The molecule has 0 bridgehead atoms. The predicted molar refractivity (Wildman–Crippen MR) is 89.9 cm³/mol. The fourth-order valence-electron chi connectivity index (χ4n) is 2.09. The van der Waals surface area contributed by atoms with Gasteiger partial charge in [0.2, 0.25) is 0 Å². The molecular weight excluding hydrogens is 296 g/mol. The monoisotopic (exact) mass is 316 g/mol. The molecule has 2 aromatic rings. The highest BCUT2D eigenvalue weighted by molar-refractivity contribution is 6.01. The number of methoxy groups -OCH3 is 3. The van der Waals surface area contributed by atoms with Crippen LogP contribution in [0.2, 0.25) is 0 Å². The van der Waals surface area contributed by atoms with Crippen molar-refractivity contribution in [1.82, 2.24) is 0 Å². The van der Waals surface area contributed by atoms with Gasteiger partial charge in [0.05, 0.1) is 27.0 Å². The van der Waals surface area contributed by atoms with Gasteiger partial charge >= 0.3 is 6.03 Å². The van der Waals surface area contributed by atoms with E-state index >= 15 is 0 Å². The largest absolute Gasteiger partial charge is 0.497 e. The van der Waals surface area contributed by atoms with Crippen molar-refractivity contribution < 1.29 is 19.0 Å². The molecule has 6 heteroatoms. The Morgan fingerprint density at radius 1 is 0.826 bits per heavy atom. The molecule has 0 saturated heterocycles. The zero-order chi connectivity index (χ0) is 16.8. The minimum absolute atomic E-state index is 0.371. The van der Waals surface area contributed by atoms with Crippen LogP contribution in [0, 0.1) is 6.92 Å². The van der Waals surface area contributed by atoms with Gasteiger partial charge in [-0.3, -0.25) is 0 Å². The van der Waals surface area contributed by atoms with E-state index in [-0.39, 0.29) is 6.03 Å². The van der Waals surface area contributed by atoms with Crippen LogP contribution in [-0.2, 0) is 0 Å². The van der Waals surface area contributed by atoms with Crippen molar-refractivity contribution in [1.29, 1.82) is 0 Å². The van der Waals surface area contributed by atoms with Crippen molar-refractivity contribution in [3.8, 4) is 17.2 Å². The first kappa shape index (κ1) is 16.5. The van der Waals surface area contributed by atoms with Crippen molar-refractivity contribution in [2.45, 2.75) is 6.92 Å². The standard InChI is InChI=1S/C17H20N2O4/c1-11-9-12(21-2)5-7-14(11)18-17(20)19-15-10-13(22-3)6-8-16(15)23-4/h5-10H,1-4H3,(H2,18,19,20). The smallest absolute Gasteiger partial charge is 0.323 e. The van der Waals surface area contributed by atoms with Crippen molar-refractivity contribution >= 4 is 17.4 Å². The molecule has 0 unspecified atom stereocenters. The summed E-state index contributed by atoms with van der Waals surface area (Å²) >= 11 is 0. The van der Waals surface area contributed by atoms with E-state index in [0.29, 0.717) is 22.9 Å². The van der Waals surface area contributed by atoms with Gasteiger partial charge in [0.1, 0.15) is 17.2 Å². The zero-order valence-electron chi connectivity index (χ0n) is 13.6. The molecule has 0 aliphatic carbocycles. The molecule has 0 atom stereocenters. The van der Waals surface area contributed by atoms with E-state index in [1.54, 1.807) is 51.7 Å². The summed E-state index contributed by atoms with van der Waals surface area (Å²) in [7, 11) is 4.70. The minimum atomic E-state index is -0.371. The molecular formula is C17H20N2O4. The molecule has 2 aromatic carbocycles. The Labute approximate surface area is 135 Å². The first-order chi connectivity index (χ1) is 11.1. The van der Waals surface area contributed by atoms with Gasteiger partial charge in [-0.2, -0.15) is 0 Å². The van der Waals surface area contributed by atoms with E-state index in [1.807, 2.05) is 13.0 Å². The summed E-state index contributed by atoms with van der Waals surface area (Å²) in [4.78, 5) is 12.2. The first-order valence-corrected chi connectivity index (χ1v) is 7.02. The molecule has 2 amide bonds. The summed E-state index contributed by atoms with van der Waals surface area (Å²) in [6.45, 7) is 1.89. The lowest BCUT2D eigenvalue weighted by Crippen LogP contribution is -2.20. The Morgan fingerprint density at radius 2 is 1.43 bits per heavy atom. The Bertz CT molecular complexity index is 701. The number of aryl methyl sites for hydroxylation is 1. The first-order valence-electron chi connectivity index (χ1n) is 7.02. The van der Waals surface area contributed by atoms with Crippen molar-refractivity contribution in [2.75, 3.05) is 32.0 Å². The molecule has 2 rings (SSSR count). The second kappa shape index (κ2) is 7.40. The molecule has 0 heterocycles. The number of carbonyl (C=O) groups excluding carboxylic acids is 1. The number of amides is 2. The van der Waals surface area contributed by atoms with Crippen LogP contribution in [-0.4, -0.2) is 27.4 Å². The summed E-state index contributed by atoms with van der Waals surface area (Å²) in [5, 5.41) is 5.55. The summed E-state index contributed by atoms with van der Waals surface area (Å²) in [6, 6.07) is 10.2. The van der Waals surface area contributed by atoms with Crippen LogP contribution >= 0.6 is 0 Å². The Hall–Kier alpha value is -2.89. The number of hydrogen-bond acceptors (Lipinski definition) is 4. The predicted octanol–water partition coefficient (Wildman–Crippen LogP) is 3.66. The number of urea groups is 1. The lowest BCUT2D eigenvalue weighted by atomic mass is 10.2. The van der Waals surface area contributed by atoms with Gasteiger partial charge in [-0.1, -0.05) is 0 Å². The lowest BCUT2D eigenvalue weighted by Gasteiger charge is -2.14. The van der Waals surface area contributed by atoms with Crippen LogP contribution in [0.5, 0.6) is 17.2 Å². The van der Waals surface area contributed by atoms with E-state index in [9.17, 15) is 4.79 Å². The molecule has 0 aromatic heterocycles. The average Bonchev–Trinajstić information content (AvgIpc) is 2.56. The molecule has 0 radical (unpaired) electrons. The van der Waals surface area contributed by atoms with Gasteiger partial charge in [0.15, 0.2) is 0 Å². The molecule has 122 valence electrons. The maximum absolute atomic E-state index is 12.2. The molecule has 0 spiro atoms. The zero-order valence-corrected chi connectivity index (χ0v) is 13.6. The average molecular weight is 316 g/mol. The third kappa shape index (κ3) is 4.06. The molecule has 23 heavy (non-hydrogen) atoms. The summed E-state index contributed by atoms with van der Waals surface area (Å²) in [6.07, 6.45) is 0. The normalized spacial score (nSPS) is 9.91. The Balaban J connectivity index is 2.13. The van der Waals surface area contributed by atoms with Crippen LogP contribution < -0.4 is 24.8 Å². The summed E-state index contributed by atoms with van der Waals surface area (Å²) in [5.41, 5.74) is 2.12. The highest BCUT2D eigenvalue weighted by Crippen LogP contribution is 2.29. The second-order valence-electron chi connectivity index (χ2n) is 4.83. The number of nitrogens with one attached hydrogen (secondary N) is 2. The Kier molecular flexibility index (Phi) is 5.30. The number of benzene rings is 2. The van der Waals surface area contributed by atoms with E-state index in [0.717, 1.165) is 11.3 Å². The van der Waals surface area contributed by atoms with Crippen LogP contribution in [0.15, 0.2) is 36.4 Å². The minimum Gasteiger partial charge on any atom is -0.497 e. The number of rotatable bonds is 5. The van der Waals surface area contributed by atoms with Gasteiger partial charge in [0.25, 0.3) is 0 Å². The molecule has 6 nitrogen and oxygen atoms in total. The number of carbonyl (C=O) groups is 1. The molecule has 0 saturated carbocycles. The molecule has 0 aliphatic rings. The maximum atomic E-state index is 12.2. The number of anilines is 2. The van der Waals surface area contributed by atoms with Crippen molar-refractivity contribution in [2.24, 2.45) is 0 Å². The van der Waals surface area contributed by atoms with E-state index < -0.39 is 0 Å². The van der Waals surface area contributed by atoms with Crippen LogP contribution in [0.25, 0.3) is 0 Å². The van der Waals surface area contributed by atoms with Crippen LogP contribution in [0.4, 0.5) is 16.2 Å². The van der Waals surface area contributed by atoms with Gasteiger partial charge in [0, 0.05) is 11.8 Å². The van der Waals surface area contributed by atoms with Crippen LogP contribution in [0.3, 0.4) is 0 Å². The highest BCUT2D eigenvalue weighted by Gasteiger charge is 2.10. The van der Waals surface area contributed by atoms with Gasteiger partial charge < -0.3 is 24.8 Å².